The zero-order valence-corrected chi connectivity index (χ0v) is 21.9. The van der Waals surface area contributed by atoms with Crippen LogP contribution in [0.5, 0.6) is 5.75 Å². The first-order valence-corrected chi connectivity index (χ1v) is 13.4. The molecule has 9 heteroatoms. The van der Waals surface area contributed by atoms with Crippen LogP contribution in [0.1, 0.15) is 49.7 Å². The van der Waals surface area contributed by atoms with Crippen LogP contribution in [0.2, 0.25) is 0 Å². The molecule has 1 aliphatic heterocycles. The third kappa shape index (κ3) is 5.56. The first-order chi connectivity index (χ1) is 17.8. The average Bonchev–Trinajstić information content (AvgIpc) is 2.90. The minimum atomic E-state index is -0.672. The maximum absolute atomic E-state index is 13.7. The molecule has 2 aromatic rings. The number of nitrogens with one attached hydrogen (secondary N) is 1. The maximum Gasteiger partial charge on any atom is 0.336 e. The van der Waals surface area contributed by atoms with E-state index in [1.807, 2.05) is 31.2 Å². The van der Waals surface area contributed by atoms with Gasteiger partial charge in [0.25, 0.3) is 5.69 Å². The normalized spacial score (nSPS) is 19.3. The van der Waals surface area contributed by atoms with Crippen molar-refractivity contribution in [1.29, 1.82) is 0 Å². The number of nitro groups is 1. The zero-order valence-electron chi connectivity index (χ0n) is 21.1. The van der Waals surface area contributed by atoms with E-state index >= 15 is 0 Å². The van der Waals surface area contributed by atoms with Gasteiger partial charge in [-0.3, -0.25) is 14.9 Å². The Morgan fingerprint density at radius 1 is 1.16 bits per heavy atom. The van der Waals surface area contributed by atoms with Crippen LogP contribution in [0.3, 0.4) is 0 Å². The standard InChI is InChI=1S/C28H30N2O6S/c1-4-37-14-13-36-28(32)25-17(2)29-22-15-19(21-7-5-6-8-24(21)35-3)16-23(31)27(22)26(25)18-9-11-20(12-10-18)30(33)34/h5-12,19,26,29H,4,13-16H2,1-3H3. The van der Waals surface area contributed by atoms with E-state index in [0.29, 0.717) is 34.6 Å². The lowest BCUT2D eigenvalue weighted by Gasteiger charge is -2.37. The van der Waals surface area contributed by atoms with Crippen LogP contribution in [0, 0.1) is 10.1 Å². The Bertz CT molecular complexity index is 1270. The second-order valence-electron chi connectivity index (χ2n) is 8.94. The second kappa shape index (κ2) is 11.6. The number of esters is 1. The number of dihydropyridines is 1. The lowest BCUT2D eigenvalue weighted by atomic mass is 9.71. The summed E-state index contributed by atoms with van der Waals surface area (Å²) in [6.45, 7) is 4.10. The number of carbonyl (C=O) groups excluding carboxylic acids is 2. The van der Waals surface area contributed by atoms with Crippen LogP contribution < -0.4 is 10.1 Å². The quantitative estimate of drug-likeness (QED) is 0.206. The van der Waals surface area contributed by atoms with E-state index in [1.165, 1.54) is 12.1 Å². The zero-order chi connectivity index (χ0) is 26.5. The van der Waals surface area contributed by atoms with Gasteiger partial charge < -0.3 is 14.8 Å². The first-order valence-electron chi connectivity index (χ1n) is 12.2. The van der Waals surface area contributed by atoms with Crippen molar-refractivity contribution >= 4 is 29.2 Å². The predicted octanol–water partition coefficient (Wildman–Crippen LogP) is 5.26. The number of Topliss-reactive ketones (excluding diaryl/α,β-unsaturated/α-hetero) is 1. The van der Waals surface area contributed by atoms with E-state index in [0.717, 1.165) is 22.8 Å². The molecule has 1 N–H and O–H groups in total. The minimum Gasteiger partial charge on any atom is -0.496 e. The molecule has 37 heavy (non-hydrogen) atoms. The third-order valence-electron chi connectivity index (χ3n) is 6.73. The largest absolute Gasteiger partial charge is 0.496 e. The van der Waals surface area contributed by atoms with Crippen molar-refractivity contribution in [3.63, 3.8) is 0 Å². The van der Waals surface area contributed by atoms with Gasteiger partial charge in [0.1, 0.15) is 12.4 Å². The van der Waals surface area contributed by atoms with E-state index < -0.39 is 16.8 Å². The van der Waals surface area contributed by atoms with Gasteiger partial charge in [0.05, 0.1) is 17.6 Å². The topological polar surface area (TPSA) is 108 Å². The van der Waals surface area contributed by atoms with Crippen LogP contribution in [-0.4, -0.2) is 41.9 Å². The molecule has 194 valence electrons. The van der Waals surface area contributed by atoms with Gasteiger partial charge in [0, 0.05) is 53.1 Å². The van der Waals surface area contributed by atoms with Crippen molar-refractivity contribution in [2.75, 3.05) is 25.2 Å². The number of nitro benzene ring substituents is 1. The SMILES string of the molecule is CCSCCOC(=O)C1=C(C)NC2=C(C(=O)CC(c3ccccc3OC)C2)C1c1ccc([N+](=O)[O-])cc1. The van der Waals surface area contributed by atoms with Crippen molar-refractivity contribution in [2.24, 2.45) is 0 Å². The Hall–Kier alpha value is -3.59. The summed E-state index contributed by atoms with van der Waals surface area (Å²) in [6.07, 6.45) is 0.830. The number of benzene rings is 2. The summed E-state index contributed by atoms with van der Waals surface area (Å²) in [7, 11) is 1.61. The van der Waals surface area contributed by atoms with E-state index in [9.17, 15) is 19.7 Å². The van der Waals surface area contributed by atoms with Crippen molar-refractivity contribution in [3.8, 4) is 5.75 Å². The number of non-ortho nitro benzene ring substituents is 1. The second-order valence-corrected chi connectivity index (χ2v) is 10.3. The average molecular weight is 523 g/mol. The van der Waals surface area contributed by atoms with Gasteiger partial charge in [-0.2, -0.15) is 11.8 Å². The van der Waals surface area contributed by atoms with Crippen LogP contribution in [0.25, 0.3) is 0 Å². The fourth-order valence-corrected chi connectivity index (χ4v) is 5.56. The van der Waals surface area contributed by atoms with Gasteiger partial charge in [-0.25, -0.2) is 4.79 Å². The fraction of sp³-hybridized carbons (Fsp3) is 0.357. The fourth-order valence-electron chi connectivity index (χ4n) is 5.07. The summed E-state index contributed by atoms with van der Waals surface area (Å²) >= 11 is 1.67. The Balaban J connectivity index is 1.74. The summed E-state index contributed by atoms with van der Waals surface area (Å²) in [5.74, 6) is 1.01. The molecule has 0 aromatic heterocycles. The van der Waals surface area contributed by atoms with Gasteiger partial charge in [0.2, 0.25) is 0 Å². The van der Waals surface area contributed by atoms with Crippen LogP contribution in [0.15, 0.2) is 71.1 Å². The number of carbonyl (C=O) groups is 2. The summed E-state index contributed by atoms with van der Waals surface area (Å²) in [6, 6.07) is 13.7. The molecule has 1 aliphatic carbocycles. The molecule has 2 atom stereocenters. The molecule has 2 aromatic carbocycles. The number of nitrogens with zero attached hydrogens (tertiary/aromatic N) is 1. The summed E-state index contributed by atoms with van der Waals surface area (Å²) in [5.41, 5.74) is 3.78. The number of rotatable bonds is 9. The molecule has 0 fully saturated rings. The van der Waals surface area contributed by atoms with Crippen LogP contribution in [0.4, 0.5) is 5.69 Å². The lowest BCUT2D eigenvalue weighted by Crippen LogP contribution is -2.36. The molecular weight excluding hydrogens is 492 g/mol. The number of para-hydroxylation sites is 1. The third-order valence-corrected chi connectivity index (χ3v) is 7.59. The van der Waals surface area contributed by atoms with Crippen molar-refractivity contribution in [1.82, 2.24) is 5.32 Å². The summed E-state index contributed by atoms with van der Waals surface area (Å²) in [5, 5.41) is 14.6. The van der Waals surface area contributed by atoms with Crippen molar-refractivity contribution in [3.05, 3.63) is 92.3 Å². The van der Waals surface area contributed by atoms with Crippen LogP contribution in [-0.2, 0) is 14.3 Å². The number of thioether (sulfide) groups is 1. The van der Waals surface area contributed by atoms with Gasteiger partial charge in [0.15, 0.2) is 5.78 Å². The highest BCUT2D eigenvalue weighted by Gasteiger charge is 2.42. The molecular formula is C28H30N2O6S. The van der Waals surface area contributed by atoms with Gasteiger partial charge in [-0.05, 0) is 36.3 Å². The van der Waals surface area contributed by atoms with Crippen molar-refractivity contribution < 1.29 is 24.0 Å². The van der Waals surface area contributed by atoms with Crippen LogP contribution >= 0.6 is 11.8 Å². The monoisotopic (exact) mass is 522 g/mol. The predicted molar refractivity (Wildman–Crippen MR) is 143 cm³/mol. The number of ketones is 1. The van der Waals surface area contributed by atoms with Gasteiger partial charge in [-0.1, -0.05) is 37.3 Å². The highest BCUT2D eigenvalue weighted by atomic mass is 32.2. The summed E-state index contributed by atoms with van der Waals surface area (Å²) < 4.78 is 11.1. The maximum atomic E-state index is 13.7. The van der Waals surface area contributed by atoms with Gasteiger partial charge in [-0.15, -0.1) is 0 Å². The molecule has 1 heterocycles. The lowest BCUT2D eigenvalue weighted by molar-refractivity contribution is -0.384. The molecule has 0 saturated heterocycles. The molecule has 0 saturated carbocycles. The van der Waals surface area contributed by atoms with E-state index in [1.54, 1.807) is 37.9 Å². The molecule has 2 unspecified atom stereocenters. The Labute approximate surface area is 220 Å². The van der Waals surface area contributed by atoms with E-state index in [4.69, 9.17) is 9.47 Å². The Morgan fingerprint density at radius 3 is 2.57 bits per heavy atom. The minimum absolute atomic E-state index is 0.0560. The molecule has 0 bridgehead atoms. The smallest absolute Gasteiger partial charge is 0.336 e. The first kappa shape index (κ1) is 26.5. The number of hydrogen-bond acceptors (Lipinski definition) is 8. The number of allylic oxidation sites excluding steroid dienone is 3. The number of ether oxygens (including phenoxy) is 2. The molecule has 8 nitrogen and oxygen atoms in total. The molecule has 0 radical (unpaired) electrons. The molecule has 4 rings (SSSR count). The van der Waals surface area contributed by atoms with E-state index in [2.05, 4.69) is 5.32 Å². The molecule has 2 aliphatic rings. The number of methoxy groups -OCH3 is 1. The molecule has 0 amide bonds. The van der Waals surface area contributed by atoms with E-state index in [-0.39, 0.29) is 30.4 Å². The van der Waals surface area contributed by atoms with Gasteiger partial charge >= 0.3 is 5.97 Å². The highest BCUT2D eigenvalue weighted by molar-refractivity contribution is 7.99. The van der Waals surface area contributed by atoms with Crippen molar-refractivity contribution in [2.45, 2.75) is 38.5 Å². The Morgan fingerprint density at radius 2 is 1.89 bits per heavy atom. The summed E-state index contributed by atoms with van der Waals surface area (Å²) in [4.78, 5) is 37.8. The Kier molecular flexibility index (Phi) is 8.33. The number of hydrogen-bond donors (Lipinski definition) is 1. The molecule has 0 spiro atoms. The highest BCUT2D eigenvalue weighted by Crippen LogP contribution is 2.47.